The monoisotopic (exact) mass is 419 g/mol. The molecule has 2 atom stereocenters. The van der Waals surface area contributed by atoms with Crippen LogP contribution < -0.4 is 5.32 Å². The van der Waals surface area contributed by atoms with Crippen molar-refractivity contribution in [3.8, 4) is 0 Å². The van der Waals surface area contributed by atoms with Crippen molar-refractivity contribution in [1.82, 2.24) is 25.2 Å². The standard InChI is InChI=1S/C19H25N5O6/c1-13(30-19(27)24(2)9-7-14-6-4-5-8-21-14)29-18(26)23-16(17(25)28-3)10-15-11-20-12-22-15/h4-6,8,11-13,16H,7,9-10H2,1-3H3,(H,20,22)(H,23,26). The van der Waals surface area contributed by atoms with Gasteiger partial charge in [-0.05, 0) is 12.1 Å². The number of carbonyl (C=O) groups excluding carboxylic acids is 3. The van der Waals surface area contributed by atoms with Gasteiger partial charge in [0.25, 0.3) is 0 Å². The summed E-state index contributed by atoms with van der Waals surface area (Å²) in [5.74, 6) is -0.652. The lowest BCUT2D eigenvalue weighted by Crippen LogP contribution is -2.44. The molecule has 2 N–H and O–H groups in total. The first kappa shape index (κ1) is 22.7. The van der Waals surface area contributed by atoms with Gasteiger partial charge in [0.1, 0.15) is 6.04 Å². The molecule has 2 heterocycles. The van der Waals surface area contributed by atoms with E-state index in [4.69, 9.17) is 9.47 Å². The maximum absolute atomic E-state index is 12.1. The Morgan fingerprint density at radius 1 is 1.27 bits per heavy atom. The Kier molecular flexibility index (Phi) is 8.60. The first-order chi connectivity index (χ1) is 14.4. The van der Waals surface area contributed by atoms with Crippen molar-refractivity contribution in [3.63, 3.8) is 0 Å². The van der Waals surface area contributed by atoms with Crippen molar-refractivity contribution >= 4 is 18.2 Å². The summed E-state index contributed by atoms with van der Waals surface area (Å²) in [6, 6.07) is 4.54. The smallest absolute Gasteiger partial charge is 0.412 e. The van der Waals surface area contributed by atoms with Crippen LogP contribution in [0.25, 0.3) is 0 Å². The van der Waals surface area contributed by atoms with E-state index in [1.807, 2.05) is 18.2 Å². The largest absolute Gasteiger partial charge is 0.467 e. The van der Waals surface area contributed by atoms with Gasteiger partial charge in [-0.15, -0.1) is 0 Å². The summed E-state index contributed by atoms with van der Waals surface area (Å²) in [7, 11) is 2.77. The molecular formula is C19H25N5O6. The molecular weight excluding hydrogens is 394 g/mol. The molecule has 0 aliphatic rings. The van der Waals surface area contributed by atoms with E-state index in [9.17, 15) is 14.4 Å². The molecule has 2 aromatic heterocycles. The van der Waals surface area contributed by atoms with E-state index in [1.54, 1.807) is 13.2 Å². The summed E-state index contributed by atoms with van der Waals surface area (Å²) in [6.07, 6.45) is 2.58. The van der Waals surface area contributed by atoms with Crippen molar-refractivity contribution in [2.45, 2.75) is 32.1 Å². The van der Waals surface area contributed by atoms with Crippen LogP contribution in [0.1, 0.15) is 18.3 Å². The Hall–Kier alpha value is -3.63. The number of likely N-dealkylation sites (N-methyl/N-ethyl adjacent to an activating group) is 1. The molecule has 11 nitrogen and oxygen atoms in total. The molecule has 2 aromatic rings. The van der Waals surface area contributed by atoms with E-state index >= 15 is 0 Å². The molecule has 0 bridgehead atoms. The number of methoxy groups -OCH3 is 1. The summed E-state index contributed by atoms with van der Waals surface area (Å²) in [5.41, 5.74) is 1.46. The molecule has 30 heavy (non-hydrogen) atoms. The van der Waals surface area contributed by atoms with Gasteiger partial charge < -0.3 is 29.4 Å². The van der Waals surface area contributed by atoms with Crippen LogP contribution in [0.15, 0.2) is 36.9 Å². The third kappa shape index (κ3) is 7.41. The lowest BCUT2D eigenvalue weighted by atomic mass is 10.2. The fourth-order valence-corrected chi connectivity index (χ4v) is 2.45. The van der Waals surface area contributed by atoms with Gasteiger partial charge >= 0.3 is 18.2 Å². The number of imidazole rings is 1. The lowest BCUT2D eigenvalue weighted by Gasteiger charge is -2.21. The minimum Gasteiger partial charge on any atom is -0.467 e. The van der Waals surface area contributed by atoms with Crippen molar-refractivity contribution in [2.75, 3.05) is 20.7 Å². The first-order valence-electron chi connectivity index (χ1n) is 9.23. The van der Waals surface area contributed by atoms with Crippen LogP contribution in [0, 0.1) is 0 Å². The number of pyridine rings is 1. The van der Waals surface area contributed by atoms with Gasteiger partial charge in [-0.2, -0.15) is 0 Å². The van der Waals surface area contributed by atoms with Crippen LogP contribution in [-0.2, 0) is 31.8 Å². The normalized spacial score (nSPS) is 12.4. The van der Waals surface area contributed by atoms with Gasteiger partial charge in [0.05, 0.1) is 13.4 Å². The van der Waals surface area contributed by atoms with E-state index in [1.165, 1.54) is 31.5 Å². The van der Waals surface area contributed by atoms with Gasteiger partial charge in [0, 0.05) is 57.1 Å². The van der Waals surface area contributed by atoms with Gasteiger partial charge in [-0.25, -0.2) is 19.4 Å². The summed E-state index contributed by atoms with van der Waals surface area (Å²) >= 11 is 0. The number of nitrogens with one attached hydrogen (secondary N) is 2. The predicted octanol–water partition coefficient (Wildman–Crippen LogP) is 1.27. The fraction of sp³-hybridized carbons (Fsp3) is 0.421. The fourth-order valence-electron chi connectivity index (χ4n) is 2.45. The average molecular weight is 419 g/mol. The Morgan fingerprint density at radius 2 is 2.07 bits per heavy atom. The molecule has 0 saturated heterocycles. The molecule has 0 radical (unpaired) electrons. The van der Waals surface area contributed by atoms with Crippen LogP contribution in [0.5, 0.6) is 0 Å². The topological polar surface area (TPSA) is 136 Å². The first-order valence-corrected chi connectivity index (χ1v) is 9.23. The highest BCUT2D eigenvalue weighted by Crippen LogP contribution is 2.04. The Labute approximate surface area is 173 Å². The maximum Gasteiger partial charge on any atom is 0.412 e. The van der Waals surface area contributed by atoms with E-state index in [0.717, 1.165) is 5.69 Å². The zero-order valence-electron chi connectivity index (χ0n) is 17.0. The summed E-state index contributed by atoms with van der Waals surface area (Å²) in [5, 5.41) is 2.39. The minimum absolute atomic E-state index is 0.131. The van der Waals surface area contributed by atoms with Crippen LogP contribution in [-0.4, -0.2) is 71.0 Å². The third-order valence-electron chi connectivity index (χ3n) is 4.04. The van der Waals surface area contributed by atoms with E-state index in [-0.39, 0.29) is 6.42 Å². The zero-order valence-corrected chi connectivity index (χ0v) is 17.0. The number of esters is 1. The SMILES string of the molecule is COC(=O)C(Cc1cnc[nH]1)NC(=O)OC(C)OC(=O)N(C)CCc1ccccn1. The number of ether oxygens (including phenoxy) is 3. The van der Waals surface area contributed by atoms with Crippen molar-refractivity contribution in [1.29, 1.82) is 0 Å². The van der Waals surface area contributed by atoms with Crippen molar-refractivity contribution < 1.29 is 28.6 Å². The second-order valence-corrected chi connectivity index (χ2v) is 6.35. The lowest BCUT2D eigenvalue weighted by molar-refractivity contribution is -0.143. The van der Waals surface area contributed by atoms with Crippen LogP contribution in [0.4, 0.5) is 9.59 Å². The Morgan fingerprint density at radius 3 is 2.70 bits per heavy atom. The molecule has 0 aliphatic heterocycles. The predicted molar refractivity (Wildman–Crippen MR) is 104 cm³/mol. The van der Waals surface area contributed by atoms with Crippen molar-refractivity contribution in [2.24, 2.45) is 0 Å². The quantitative estimate of drug-likeness (QED) is 0.458. The van der Waals surface area contributed by atoms with Gasteiger partial charge in [0.2, 0.25) is 6.29 Å². The zero-order chi connectivity index (χ0) is 21.9. The number of rotatable bonds is 9. The van der Waals surface area contributed by atoms with Gasteiger partial charge in [-0.3, -0.25) is 4.98 Å². The third-order valence-corrected chi connectivity index (χ3v) is 4.04. The second-order valence-electron chi connectivity index (χ2n) is 6.35. The highest BCUT2D eigenvalue weighted by atomic mass is 16.7. The number of amides is 2. The van der Waals surface area contributed by atoms with E-state index in [0.29, 0.717) is 18.7 Å². The number of nitrogens with zero attached hydrogens (tertiary/aromatic N) is 3. The molecule has 0 fully saturated rings. The summed E-state index contributed by atoms with van der Waals surface area (Å²) < 4.78 is 14.8. The molecule has 2 amide bonds. The minimum atomic E-state index is -1.17. The number of hydrogen-bond acceptors (Lipinski definition) is 8. The molecule has 0 aliphatic carbocycles. The highest BCUT2D eigenvalue weighted by Gasteiger charge is 2.25. The number of carbonyl (C=O) groups is 3. The van der Waals surface area contributed by atoms with Gasteiger partial charge in [-0.1, -0.05) is 6.07 Å². The van der Waals surface area contributed by atoms with E-state index in [2.05, 4.69) is 25.0 Å². The molecule has 162 valence electrons. The number of aromatic nitrogens is 3. The molecule has 11 heteroatoms. The highest BCUT2D eigenvalue weighted by molar-refractivity contribution is 5.81. The second kappa shape index (κ2) is 11.4. The number of hydrogen-bond donors (Lipinski definition) is 2. The van der Waals surface area contributed by atoms with Crippen LogP contribution in [0.3, 0.4) is 0 Å². The Balaban J connectivity index is 1.78. The average Bonchev–Trinajstić information content (AvgIpc) is 3.24. The molecule has 0 saturated carbocycles. The Bertz CT molecular complexity index is 814. The van der Waals surface area contributed by atoms with Crippen LogP contribution >= 0.6 is 0 Å². The van der Waals surface area contributed by atoms with Crippen LogP contribution in [0.2, 0.25) is 0 Å². The summed E-state index contributed by atoms with van der Waals surface area (Å²) in [4.78, 5) is 48.3. The van der Waals surface area contributed by atoms with E-state index < -0.39 is 30.5 Å². The number of alkyl carbamates (subject to hydrolysis) is 1. The number of aromatic amines is 1. The molecule has 0 spiro atoms. The van der Waals surface area contributed by atoms with Gasteiger partial charge in [0.15, 0.2) is 0 Å². The molecule has 2 rings (SSSR count). The molecule has 2 unspecified atom stereocenters. The molecule has 0 aromatic carbocycles. The summed E-state index contributed by atoms with van der Waals surface area (Å²) in [6.45, 7) is 1.77. The van der Waals surface area contributed by atoms with Crippen molar-refractivity contribution in [3.05, 3.63) is 48.3 Å². The number of H-pyrrole nitrogens is 1. The maximum atomic E-state index is 12.1.